The minimum absolute atomic E-state index is 0.146. The SMILES string of the molecule is CNC(C)CNC(=O)C(Cc1cccnc1)NC(=O)c1ccccc1. The number of hydrogen-bond donors (Lipinski definition) is 3. The summed E-state index contributed by atoms with van der Waals surface area (Å²) in [7, 11) is 1.83. The molecule has 2 unspecified atom stereocenters. The normalized spacial score (nSPS) is 12.9. The van der Waals surface area contributed by atoms with Crippen molar-refractivity contribution in [3.8, 4) is 0 Å². The molecule has 2 amide bonds. The monoisotopic (exact) mass is 340 g/mol. The maximum Gasteiger partial charge on any atom is 0.251 e. The molecule has 0 radical (unpaired) electrons. The predicted octanol–water partition coefficient (Wildman–Crippen LogP) is 1.15. The summed E-state index contributed by atoms with van der Waals surface area (Å²) < 4.78 is 0. The summed E-state index contributed by atoms with van der Waals surface area (Å²) in [5.41, 5.74) is 1.41. The van der Waals surface area contributed by atoms with E-state index in [9.17, 15) is 9.59 Å². The van der Waals surface area contributed by atoms with Crippen molar-refractivity contribution in [2.75, 3.05) is 13.6 Å². The van der Waals surface area contributed by atoms with Gasteiger partial charge in [-0.1, -0.05) is 24.3 Å². The molecule has 1 aromatic carbocycles. The van der Waals surface area contributed by atoms with Crippen molar-refractivity contribution >= 4 is 11.8 Å². The zero-order valence-electron chi connectivity index (χ0n) is 14.5. The van der Waals surface area contributed by atoms with Crippen molar-refractivity contribution < 1.29 is 9.59 Å². The van der Waals surface area contributed by atoms with Gasteiger partial charge in [-0.05, 0) is 37.7 Å². The highest BCUT2D eigenvalue weighted by Gasteiger charge is 2.22. The first kappa shape index (κ1) is 18.6. The largest absolute Gasteiger partial charge is 0.353 e. The summed E-state index contributed by atoms with van der Waals surface area (Å²) in [4.78, 5) is 29.1. The Morgan fingerprint density at radius 1 is 1.12 bits per heavy atom. The molecule has 0 saturated heterocycles. The molecule has 6 heteroatoms. The molecule has 0 spiro atoms. The van der Waals surface area contributed by atoms with Crippen LogP contribution in [0.1, 0.15) is 22.8 Å². The highest BCUT2D eigenvalue weighted by Crippen LogP contribution is 2.05. The van der Waals surface area contributed by atoms with Crippen LogP contribution in [0.4, 0.5) is 0 Å². The van der Waals surface area contributed by atoms with E-state index in [0.717, 1.165) is 5.56 Å². The molecule has 25 heavy (non-hydrogen) atoms. The Labute approximate surface area is 148 Å². The van der Waals surface area contributed by atoms with Crippen LogP contribution in [0.15, 0.2) is 54.9 Å². The van der Waals surface area contributed by atoms with Crippen molar-refractivity contribution in [2.24, 2.45) is 0 Å². The van der Waals surface area contributed by atoms with E-state index in [2.05, 4.69) is 20.9 Å². The number of carbonyl (C=O) groups excluding carboxylic acids is 2. The first-order chi connectivity index (χ1) is 12.1. The quantitative estimate of drug-likeness (QED) is 0.673. The van der Waals surface area contributed by atoms with E-state index in [1.54, 1.807) is 36.7 Å². The number of hydrogen-bond acceptors (Lipinski definition) is 4. The molecule has 1 aromatic heterocycles. The first-order valence-corrected chi connectivity index (χ1v) is 8.30. The standard InChI is InChI=1S/C19H24N4O2/c1-14(20-2)12-22-19(25)17(11-15-7-6-10-21-13-15)23-18(24)16-8-4-3-5-9-16/h3-10,13-14,17,20H,11-12H2,1-2H3,(H,22,25)(H,23,24). The lowest BCUT2D eigenvalue weighted by atomic mass is 10.1. The molecule has 1 heterocycles. The van der Waals surface area contributed by atoms with Gasteiger partial charge in [0.15, 0.2) is 0 Å². The summed E-state index contributed by atoms with van der Waals surface area (Å²) in [5.74, 6) is -0.485. The second-order valence-electron chi connectivity index (χ2n) is 5.89. The fourth-order valence-corrected chi connectivity index (χ4v) is 2.27. The van der Waals surface area contributed by atoms with E-state index in [4.69, 9.17) is 0 Å². The van der Waals surface area contributed by atoms with Crippen LogP contribution < -0.4 is 16.0 Å². The summed E-state index contributed by atoms with van der Waals surface area (Å²) >= 11 is 0. The summed E-state index contributed by atoms with van der Waals surface area (Å²) in [6, 6.07) is 12.0. The van der Waals surface area contributed by atoms with E-state index in [1.165, 1.54) is 0 Å². The molecule has 2 atom stereocenters. The van der Waals surface area contributed by atoms with Gasteiger partial charge in [0.05, 0.1) is 0 Å². The first-order valence-electron chi connectivity index (χ1n) is 8.30. The smallest absolute Gasteiger partial charge is 0.251 e. The van der Waals surface area contributed by atoms with E-state index in [-0.39, 0.29) is 17.9 Å². The number of likely N-dealkylation sites (N-methyl/N-ethyl adjacent to an activating group) is 1. The average Bonchev–Trinajstić information content (AvgIpc) is 2.66. The van der Waals surface area contributed by atoms with Crippen LogP contribution in [0.25, 0.3) is 0 Å². The molecule has 0 bridgehead atoms. The number of rotatable bonds is 8. The molecule has 3 N–H and O–H groups in total. The molecule has 0 aliphatic heterocycles. The van der Waals surface area contributed by atoms with Crippen LogP contribution >= 0.6 is 0 Å². The summed E-state index contributed by atoms with van der Waals surface area (Å²) in [6.45, 7) is 2.46. The van der Waals surface area contributed by atoms with Gasteiger partial charge in [-0.15, -0.1) is 0 Å². The van der Waals surface area contributed by atoms with Crippen molar-refractivity contribution in [2.45, 2.75) is 25.4 Å². The fourth-order valence-electron chi connectivity index (χ4n) is 2.27. The van der Waals surface area contributed by atoms with E-state index in [1.807, 2.05) is 32.2 Å². The maximum atomic E-state index is 12.6. The Balaban J connectivity index is 2.08. The third kappa shape index (κ3) is 6.00. The lowest BCUT2D eigenvalue weighted by Gasteiger charge is -2.20. The Kier molecular flexibility index (Phi) is 7.10. The molecule has 6 nitrogen and oxygen atoms in total. The Morgan fingerprint density at radius 2 is 1.88 bits per heavy atom. The second-order valence-corrected chi connectivity index (χ2v) is 5.89. The van der Waals surface area contributed by atoms with Gasteiger partial charge in [0.25, 0.3) is 5.91 Å². The van der Waals surface area contributed by atoms with Gasteiger partial charge < -0.3 is 16.0 Å². The van der Waals surface area contributed by atoms with E-state index in [0.29, 0.717) is 18.5 Å². The van der Waals surface area contributed by atoms with Gasteiger partial charge in [0, 0.05) is 37.0 Å². The molecular formula is C19H24N4O2. The average molecular weight is 340 g/mol. The van der Waals surface area contributed by atoms with Crippen LogP contribution in [0.5, 0.6) is 0 Å². The van der Waals surface area contributed by atoms with Gasteiger partial charge in [0.2, 0.25) is 5.91 Å². The molecule has 0 fully saturated rings. The van der Waals surface area contributed by atoms with Crippen LogP contribution in [0, 0.1) is 0 Å². The fraction of sp³-hybridized carbons (Fsp3) is 0.316. The highest BCUT2D eigenvalue weighted by molar-refractivity contribution is 5.97. The van der Waals surface area contributed by atoms with Crippen LogP contribution in [-0.2, 0) is 11.2 Å². The number of amides is 2. The van der Waals surface area contributed by atoms with Gasteiger partial charge >= 0.3 is 0 Å². The molecule has 0 saturated carbocycles. The number of benzene rings is 1. The Morgan fingerprint density at radius 3 is 2.52 bits per heavy atom. The number of nitrogens with one attached hydrogen (secondary N) is 3. The molecule has 132 valence electrons. The molecular weight excluding hydrogens is 316 g/mol. The van der Waals surface area contributed by atoms with Crippen molar-refractivity contribution in [1.82, 2.24) is 20.9 Å². The second kappa shape index (κ2) is 9.54. The maximum absolute atomic E-state index is 12.6. The molecule has 2 aromatic rings. The number of nitrogens with zero attached hydrogens (tertiary/aromatic N) is 1. The zero-order chi connectivity index (χ0) is 18.1. The van der Waals surface area contributed by atoms with Crippen molar-refractivity contribution in [3.05, 3.63) is 66.0 Å². The lowest BCUT2D eigenvalue weighted by molar-refractivity contribution is -0.123. The van der Waals surface area contributed by atoms with E-state index < -0.39 is 6.04 Å². The van der Waals surface area contributed by atoms with Gasteiger partial charge in [-0.2, -0.15) is 0 Å². The molecule has 0 aliphatic carbocycles. The number of carbonyl (C=O) groups is 2. The highest BCUT2D eigenvalue weighted by atomic mass is 16.2. The Hall–Kier alpha value is -2.73. The Bertz CT molecular complexity index is 676. The van der Waals surface area contributed by atoms with Gasteiger partial charge in [0.1, 0.15) is 6.04 Å². The number of pyridine rings is 1. The van der Waals surface area contributed by atoms with Crippen LogP contribution in [-0.4, -0.2) is 42.5 Å². The zero-order valence-corrected chi connectivity index (χ0v) is 14.5. The molecule has 0 aliphatic rings. The van der Waals surface area contributed by atoms with E-state index >= 15 is 0 Å². The predicted molar refractivity (Wildman–Crippen MR) is 97.2 cm³/mol. The molecule has 2 rings (SSSR count). The summed E-state index contributed by atoms with van der Waals surface area (Å²) in [5, 5.41) is 8.76. The van der Waals surface area contributed by atoms with Crippen molar-refractivity contribution in [3.63, 3.8) is 0 Å². The topological polar surface area (TPSA) is 83.1 Å². The minimum Gasteiger partial charge on any atom is -0.353 e. The van der Waals surface area contributed by atoms with Crippen LogP contribution in [0.3, 0.4) is 0 Å². The lowest BCUT2D eigenvalue weighted by Crippen LogP contribution is -2.50. The van der Waals surface area contributed by atoms with Gasteiger partial charge in [-0.3, -0.25) is 14.6 Å². The third-order valence-corrected chi connectivity index (χ3v) is 3.90. The number of aromatic nitrogens is 1. The van der Waals surface area contributed by atoms with Gasteiger partial charge in [-0.25, -0.2) is 0 Å². The van der Waals surface area contributed by atoms with Crippen LogP contribution in [0.2, 0.25) is 0 Å². The third-order valence-electron chi connectivity index (χ3n) is 3.90. The minimum atomic E-state index is -0.666. The van der Waals surface area contributed by atoms with Crippen molar-refractivity contribution in [1.29, 1.82) is 0 Å². The summed E-state index contributed by atoms with van der Waals surface area (Å²) in [6.07, 6.45) is 3.76.